The minimum Gasteiger partial charge on any atom is -0.383 e. The Morgan fingerprint density at radius 1 is 1.64 bits per heavy atom. The zero-order chi connectivity index (χ0) is 10.8. The van der Waals surface area contributed by atoms with E-state index >= 15 is 0 Å². The van der Waals surface area contributed by atoms with Crippen molar-refractivity contribution >= 4 is 27.3 Å². The minimum absolute atomic E-state index is 0.389. The third-order valence-corrected chi connectivity index (χ3v) is 4.05. The van der Waals surface area contributed by atoms with Crippen molar-refractivity contribution in [3.63, 3.8) is 0 Å². The van der Waals surface area contributed by atoms with Gasteiger partial charge in [-0.2, -0.15) is 0 Å². The summed E-state index contributed by atoms with van der Waals surface area (Å²) in [5, 5.41) is 15.4. The van der Waals surface area contributed by atoms with E-state index < -0.39 is 5.60 Å². The molecule has 0 amide bonds. The van der Waals surface area contributed by atoms with Crippen LogP contribution in [0, 0.1) is 0 Å². The number of rotatable bonds is 4. The highest BCUT2D eigenvalue weighted by Gasteiger charge is 2.26. The summed E-state index contributed by atoms with van der Waals surface area (Å²) in [5.41, 5.74) is -0.794. The maximum absolute atomic E-state index is 10.2. The number of thiophene rings is 1. The molecule has 0 saturated carbocycles. The van der Waals surface area contributed by atoms with Crippen LogP contribution in [-0.2, 0) is 5.60 Å². The van der Waals surface area contributed by atoms with E-state index in [1.165, 1.54) is 0 Å². The standard InChI is InChI=1S/C10H16BrNOS/c1-7(2)12-6-10(3,13)9-8(11)4-5-14-9/h4-5,7,12-13H,6H2,1-3H3. The Bertz CT molecular complexity index is 296. The molecule has 0 fully saturated rings. The fraction of sp³-hybridized carbons (Fsp3) is 0.600. The lowest BCUT2D eigenvalue weighted by molar-refractivity contribution is 0.0580. The van der Waals surface area contributed by atoms with Gasteiger partial charge in [-0.3, -0.25) is 0 Å². The third kappa shape index (κ3) is 3.05. The van der Waals surface area contributed by atoms with Crippen LogP contribution in [-0.4, -0.2) is 17.7 Å². The molecule has 0 aliphatic heterocycles. The van der Waals surface area contributed by atoms with Gasteiger partial charge in [0.15, 0.2) is 0 Å². The molecule has 2 N–H and O–H groups in total. The fourth-order valence-electron chi connectivity index (χ4n) is 1.16. The SMILES string of the molecule is CC(C)NCC(C)(O)c1sccc1Br. The summed E-state index contributed by atoms with van der Waals surface area (Å²) in [6.07, 6.45) is 0. The summed E-state index contributed by atoms with van der Waals surface area (Å²) in [6, 6.07) is 2.35. The summed E-state index contributed by atoms with van der Waals surface area (Å²) in [4.78, 5) is 0.977. The van der Waals surface area contributed by atoms with Crippen molar-refractivity contribution in [2.24, 2.45) is 0 Å². The lowest BCUT2D eigenvalue weighted by Gasteiger charge is -2.24. The van der Waals surface area contributed by atoms with Gasteiger partial charge in [-0.05, 0) is 34.3 Å². The zero-order valence-corrected chi connectivity index (χ0v) is 11.1. The second kappa shape index (κ2) is 4.75. The molecular weight excluding hydrogens is 262 g/mol. The monoisotopic (exact) mass is 277 g/mol. The van der Waals surface area contributed by atoms with Crippen LogP contribution >= 0.6 is 27.3 Å². The largest absolute Gasteiger partial charge is 0.383 e. The Balaban J connectivity index is 2.70. The van der Waals surface area contributed by atoms with E-state index in [9.17, 15) is 5.11 Å². The summed E-state index contributed by atoms with van der Waals surface area (Å²) >= 11 is 5.00. The maximum Gasteiger partial charge on any atom is 0.109 e. The molecule has 80 valence electrons. The number of nitrogens with one attached hydrogen (secondary N) is 1. The molecule has 0 saturated heterocycles. The Labute approximate surface area is 97.5 Å². The van der Waals surface area contributed by atoms with E-state index in [0.29, 0.717) is 12.6 Å². The van der Waals surface area contributed by atoms with E-state index in [4.69, 9.17) is 0 Å². The molecule has 14 heavy (non-hydrogen) atoms. The van der Waals surface area contributed by atoms with Crippen molar-refractivity contribution < 1.29 is 5.11 Å². The Hall–Kier alpha value is 0.100. The van der Waals surface area contributed by atoms with E-state index in [1.807, 2.05) is 18.4 Å². The van der Waals surface area contributed by atoms with Gasteiger partial charge in [-0.25, -0.2) is 0 Å². The normalized spacial score (nSPS) is 15.9. The highest BCUT2D eigenvalue weighted by atomic mass is 79.9. The summed E-state index contributed by atoms with van der Waals surface area (Å²) in [6.45, 7) is 6.54. The van der Waals surface area contributed by atoms with E-state index in [2.05, 4.69) is 35.1 Å². The predicted octanol–water partition coefficient (Wildman–Crippen LogP) is 2.72. The minimum atomic E-state index is -0.794. The summed E-state index contributed by atoms with van der Waals surface area (Å²) < 4.78 is 0.984. The average molecular weight is 278 g/mol. The number of halogens is 1. The van der Waals surface area contributed by atoms with Gasteiger partial charge in [0.05, 0.1) is 4.88 Å². The van der Waals surface area contributed by atoms with Crippen LogP contribution in [0.2, 0.25) is 0 Å². The van der Waals surface area contributed by atoms with Crippen molar-refractivity contribution in [2.45, 2.75) is 32.4 Å². The smallest absolute Gasteiger partial charge is 0.109 e. The molecule has 1 atom stereocenters. The molecule has 2 nitrogen and oxygen atoms in total. The fourth-order valence-corrected chi connectivity index (χ4v) is 3.02. The van der Waals surface area contributed by atoms with Crippen LogP contribution in [0.4, 0.5) is 0 Å². The average Bonchev–Trinajstić information content (AvgIpc) is 2.48. The third-order valence-electron chi connectivity index (χ3n) is 1.96. The molecule has 1 unspecified atom stereocenters. The first-order valence-corrected chi connectivity index (χ1v) is 6.30. The van der Waals surface area contributed by atoms with Gasteiger partial charge in [-0.15, -0.1) is 11.3 Å². The second-order valence-corrected chi connectivity index (χ2v) is 5.68. The Morgan fingerprint density at radius 3 is 2.71 bits per heavy atom. The molecule has 0 radical (unpaired) electrons. The van der Waals surface area contributed by atoms with Crippen molar-refractivity contribution in [3.8, 4) is 0 Å². The molecule has 0 aliphatic carbocycles. The van der Waals surface area contributed by atoms with Crippen molar-refractivity contribution in [1.29, 1.82) is 0 Å². The summed E-state index contributed by atoms with van der Waals surface area (Å²) in [7, 11) is 0. The molecule has 0 aliphatic rings. The molecule has 1 aromatic heterocycles. The Morgan fingerprint density at radius 2 is 2.29 bits per heavy atom. The topological polar surface area (TPSA) is 32.3 Å². The van der Waals surface area contributed by atoms with Gasteiger partial charge < -0.3 is 10.4 Å². The molecule has 1 aromatic rings. The highest BCUT2D eigenvalue weighted by Crippen LogP contribution is 2.32. The van der Waals surface area contributed by atoms with Crippen molar-refractivity contribution in [3.05, 3.63) is 20.8 Å². The van der Waals surface area contributed by atoms with Gasteiger partial charge >= 0.3 is 0 Å². The molecular formula is C10H16BrNOS. The van der Waals surface area contributed by atoms with E-state index in [1.54, 1.807) is 11.3 Å². The van der Waals surface area contributed by atoms with E-state index in [0.717, 1.165) is 9.35 Å². The predicted molar refractivity (Wildman–Crippen MR) is 64.7 cm³/mol. The van der Waals surface area contributed by atoms with Gasteiger partial charge in [0.1, 0.15) is 5.60 Å². The van der Waals surface area contributed by atoms with Crippen LogP contribution < -0.4 is 5.32 Å². The quantitative estimate of drug-likeness (QED) is 0.887. The molecule has 0 spiro atoms. The molecule has 0 aromatic carbocycles. The van der Waals surface area contributed by atoms with Crippen LogP contribution in [0.3, 0.4) is 0 Å². The maximum atomic E-state index is 10.2. The van der Waals surface area contributed by atoms with Gasteiger partial charge in [0, 0.05) is 17.1 Å². The number of hydrogen-bond donors (Lipinski definition) is 2. The van der Waals surface area contributed by atoms with Crippen LogP contribution in [0.1, 0.15) is 25.6 Å². The summed E-state index contributed by atoms with van der Waals surface area (Å²) in [5.74, 6) is 0. The van der Waals surface area contributed by atoms with Crippen LogP contribution in [0.25, 0.3) is 0 Å². The van der Waals surface area contributed by atoms with Gasteiger partial charge in [0.2, 0.25) is 0 Å². The van der Waals surface area contributed by atoms with Crippen LogP contribution in [0.5, 0.6) is 0 Å². The second-order valence-electron chi connectivity index (χ2n) is 3.91. The molecule has 0 bridgehead atoms. The molecule has 4 heteroatoms. The lowest BCUT2D eigenvalue weighted by atomic mass is 10.1. The van der Waals surface area contributed by atoms with Crippen molar-refractivity contribution in [1.82, 2.24) is 5.32 Å². The lowest BCUT2D eigenvalue weighted by Crippen LogP contribution is -2.38. The molecule has 1 heterocycles. The number of aliphatic hydroxyl groups is 1. The van der Waals surface area contributed by atoms with Gasteiger partial charge in [-0.1, -0.05) is 13.8 Å². The molecule has 1 rings (SSSR count). The highest BCUT2D eigenvalue weighted by molar-refractivity contribution is 9.10. The zero-order valence-electron chi connectivity index (χ0n) is 8.67. The van der Waals surface area contributed by atoms with Crippen molar-refractivity contribution in [2.75, 3.05) is 6.54 Å². The first kappa shape index (κ1) is 12.2. The van der Waals surface area contributed by atoms with Crippen LogP contribution in [0.15, 0.2) is 15.9 Å². The Kier molecular flexibility index (Phi) is 4.13. The first-order chi connectivity index (χ1) is 6.43. The van der Waals surface area contributed by atoms with Gasteiger partial charge in [0.25, 0.3) is 0 Å². The first-order valence-electron chi connectivity index (χ1n) is 4.62. The van der Waals surface area contributed by atoms with E-state index in [-0.39, 0.29) is 0 Å². The number of hydrogen-bond acceptors (Lipinski definition) is 3.